The van der Waals surface area contributed by atoms with Crippen molar-refractivity contribution in [1.82, 2.24) is 9.80 Å². The Balaban J connectivity index is 1.85. The Kier molecular flexibility index (Phi) is 5.85. The van der Waals surface area contributed by atoms with Crippen LogP contribution >= 0.6 is 11.6 Å². The first-order valence-corrected chi connectivity index (χ1v) is 7.92. The van der Waals surface area contributed by atoms with Gasteiger partial charge in [0, 0.05) is 43.3 Å². The molecule has 0 bridgehead atoms. The van der Waals surface area contributed by atoms with Crippen molar-refractivity contribution in [3.8, 4) is 0 Å². The molecule has 0 radical (unpaired) electrons. The molecular formula is C16H26ClN3. The molecule has 1 saturated heterocycles. The van der Waals surface area contributed by atoms with E-state index in [4.69, 9.17) is 17.3 Å². The molecule has 0 amide bonds. The van der Waals surface area contributed by atoms with E-state index >= 15 is 0 Å². The summed E-state index contributed by atoms with van der Waals surface area (Å²) in [5, 5.41) is 0.782. The van der Waals surface area contributed by atoms with Crippen LogP contribution in [-0.4, -0.2) is 49.1 Å². The number of nitrogens with two attached hydrogens (primary N) is 1. The number of hydrogen-bond donors (Lipinski definition) is 1. The fraction of sp³-hybridized carbons (Fsp3) is 0.625. The van der Waals surface area contributed by atoms with Crippen molar-refractivity contribution < 1.29 is 0 Å². The van der Waals surface area contributed by atoms with Crippen molar-refractivity contribution in [2.75, 3.05) is 33.2 Å². The van der Waals surface area contributed by atoms with Crippen molar-refractivity contribution in [1.29, 1.82) is 0 Å². The van der Waals surface area contributed by atoms with Gasteiger partial charge in [0.2, 0.25) is 0 Å². The van der Waals surface area contributed by atoms with E-state index < -0.39 is 0 Å². The van der Waals surface area contributed by atoms with Gasteiger partial charge in [0.05, 0.1) is 0 Å². The number of hydrogen-bond acceptors (Lipinski definition) is 3. The Hall–Kier alpha value is -0.610. The summed E-state index contributed by atoms with van der Waals surface area (Å²) in [5.41, 5.74) is 7.35. The molecule has 0 spiro atoms. The first kappa shape index (κ1) is 15.8. The number of rotatable bonds is 5. The first-order valence-electron chi connectivity index (χ1n) is 7.54. The van der Waals surface area contributed by atoms with Gasteiger partial charge in [0.1, 0.15) is 0 Å². The standard InChI is InChI=1S/C16H26ClN3/c1-3-13-12-20(11-10-19(13)2)9-8-16(18)14-6-4-5-7-15(14)17/h4-7,13,16H,3,8-12,18H2,1-2H3. The summed E-state index contributed by atoms with van der Waals surface area (Å²) in [7, 11) is 2.22. The molecule has 1 aliphatic heterocycles. The zero-order valence-electron chi connectivity index (χ0n) is 12.6. The minimum Gasteiger partial charge on any atom is -0.324 e. The average Bonchev–Trinajstić information content (AvgIpc) is 2.46. The van der Waals surface area contributed by atoms with Crippen LogP contribution in [0, 0.1) is 0 Å². The van der Waals surface area contributed by atoms with E-state index in [1.165, 1.54) is 6.42 Å². The third kappa shape index (κ3) is 3.95. The lowest BCUT2D eigenvalue weighted by atomic mass is 10.0. The molecule has 1 aliphatic rings. The molecule has 1 aromatic carbocycles. The molecule has 1 aromatic rings. The molecule has 2 N–H and O–H groups in total. The predicted octanol–water partition coefficient (Wildman–Crippen LogP) is 2.76. The van der Waals surface area contributed by atoms with Crippen molar-refractivity contribution in [3.05, 3.63) is 34.9 Å². The van der Waals surface area contributed by atoms with Crippen LogP contribution in [0.3, 0.4) is 0 Å². The summed E-state index contributed by atoms with van der Waals surface area (Å²) in [6.07, 6.45) is 2.17. The van der Waals surface area contributed by atoms with Gasteiger partial charge < -0.3 is 15.5 Å². The van der Waals surface area contributed by atoms with Crippen LogP contribution in [0.25, 0.3) is 0 Å². The molecule has 0 aliphatic carbocycles. The maximum absolute atomic E-state index is 6.29. The van der Waals surface area contributed by atoms with Gasteiger partial charge in [0.25, 0.3) is 0 Å². The molecule has 2 unspecified atom stereocenters. The fourth-order valence-corrected chi connectivity index (χ4v) is 3.18. The molecule has 20 heavy (non-hydrogen) atoms. The second-order valence-corrected chi connectivity index (χ2v) is 6.17. The summed E-state index contributed by atoms with van der Waals surface area (Å²) >= 11 is 6.21. The summed E-state index contributed by atoms with van der Waals surface area (Å²) in [4.78, 5) is 5.00. The number of piperazine rings is 1. The number of benzene rings is 1. The number of nitrogens with zero attached hydrogens (tertiary/aromatic N) is 2. The Labute approximate surface area is 127 Å². The van der Waals surface area contributed by atoms with Crippen molar-refractivity contribution in [2.45, 2.75) is 31.8 Å². The predicted molar refractivity (Wildman–Crippen MR) is 86.1 cm³/mol. The zero-order valence-corrected chi connectivity index (χ0v) is 13.3. The van der Waals surface area contributed by atoms with Gasteiger partial charge in [-0.2, -0.15) is 0 Å². The van der Waals surface area contributed by atoms with Crippen LogP contribution in [-0.2, 0) is 0 Å². The normalized spacial score (nSPS) is 22.9. The van der Waals surface area contributed by atoms with Gasteiger partial charge in [-0.05, 0) is 31.5 Å². The van der Waals surface area contributed by atoms with E-state index in [9.17, 15) is 0 Å². The summed E-state index contributed by atoms with van der Waals surface area (Å²) in [6, 6.07) is 8.62. The fourth-order valence-electron chi connectivity index (χ4n) is 2.91. The van der Waals surface area contributed by atoms with Crippen molar-refractivity contribution in [2.24, 2.45) is 5.73 Å². The lowest BCUT2D eigenvalue weighted by Crippen LogP contribution is -2.51. The van der Waals surface area contributed by atoms with Gasteiger partial charge in [-0.15, -0.1) is 0 Å². The average molecular weight is 296 g/mol. The second-order valence-electron chi connectivity index (χ2n) is 5.76. The molecule has 0 saturated carbocycles. The summed E-state index contributed by atoms with van der Waals surface area (Å²) in [5.74, 6) is 0. The van der Waals surface area contributed by atoms with E-state index in [-0.39, 0.29) is 6.04 Å². The Morgan fingerprint density at radius 3 is 2.80 bits per heavy atom. The van der Waals surface area contributed by atoms with Gasteiger partial charge in [-0.3, -0.25) is 0 Å². The van der Waals surface area contributed by atoms with Crippen LogP contribution in [0.4, 0.5) is 0 Å². The van der Waals surface area contributed by atoms with E-state index in [2.05, 4.69) is 23.8 Å². The van der Waals surface area contributed by atoms with Crippen LogP contribution in [0.2, 0.25) is 5.02 Å². The second kappa shape index (κ2) is 7.41. The molecule has 4 heteroatoms. The van der Waals surface area contributed by atoms with Crippen LogP contribution in [0.5, 0.6) is 0 Å². The highest BCUT2D eigenvalue weighted by Crippen LogP contribution is 2.23. The van der Waals surface area contributed by atoms with E-state index in [0.717, 1.165) is 43.2 Å². The minimum absolute atomic E-state index is 0.0310. The molecule has 0 aromatic heterocycles. The SMILES string of the molecule is CCC1CN(CCC(N)c2ccccc2Cl)CCN1C. The van der Waals surface area contributed by atoms with Gasteiger partial charge >= 0.3 is 0 Å². The monoisotopic (exact) mass is 295 g/mol. The highest BCUT2D eigenvalue weighted by atomic mass is 35.5. The Morgan fingerprint density at radius 1 is 1.35 bits per heavy atom. The van der Waals surface area contributed by atoms with Gasteiger partial charge in [-0.25, -0.2) is 0 Å². The zero-order chi connectivity index (χ0) is 14.5. The topological polar surface area (TPSA) is 32.5 Å². The summed E-state index contributed by atoms with van der Waals surface area (Å²) < 4.78 is 0. The molecule has 2 rings (SSSR count). The number of likely N-dealkylation sites (N-methyl/N-ethyl adjacent to an activating group) is 1. The molecular weight excluding hydrogens is 270 g/mol. The highest BCUT2D eigenvalue weighted by molar-refractivity contribution is 6.31. The maximum Gasteiger partial charge on any atom is 0.0453 e. The van der Waals surface area contributed by atoms with Crippen LogP contribution < -0.4 is 5.73 Å². The molecule has 1 heterocycles. The molecule has 1 fully saturated rings. The van der Waals surface area contributed by atoms with E-state index in [1.54, 1.807) is 0 Å². The first-order chi connectivity index (χ1) is 9.61. The van der Waals surface area contributed by atoms with Crippen molar-refractivity contribution in [3.63, 3.8) is 0 Å². The maximum atomic E-state index is 6.29. The van der Waals surface area contributed by atoms with E-state index in [0.29, 0.717) is 6.04 Å². The Morgan fingerprint density at radius 2 is 2.10 bits per heavy atom. The molecule has 112 valence electrons. The van der Waals surface area contributed by atoms with Crippen LogP contribution in [0.15, 0.2) is 24.3 Å². The lowest BCUT2D eigenvalue weighted by Gasteiger charge is -2.39. The molecule has 2 atom stereocenters. The third-order valence-electron chi connectivity index (χ3n) is 4.39. The summed E-state index contributed by atoms with van der Waals surface area (Å²) in [6.45, 7) is 6.77. The number of halogens is 1. The Bertz CT molecular complexity index is 424. The smallest absolute Gasteiger partial charge is 0.0453 e. The minimum atomic E-state index is 0.0310. The van der Waals surface area contributed by atoms with E-state index in [1.807, 2.05) is 24.3 Å². The lowest BCUT2D eigenvalue weighted by molar-refractivity contribution is 0.0911. The van der Waals surface area contributed by atoms with Crippen LogP contribution in [0.1, 0.15) is 31.4 Å². The van der Waals surface area contributed by atoms with Gasteiger partial charge in [-0.1, -0.05) is 36.7 Å². The quantitative estimate of drug-likeness (QED) is 0.906. The largest absolute Gasteiger partial charge is 0.324 e. The highest BCUT2D eigenvalue weighted by Gasteiger charge is 2.23. The van der Waals surface area contributed by atoms with Crippen molar-refractivity contribution >= 4 is 11.6 Å². The molecule has 3 nitrogen and oxygen atoms in total. The third-order valence-corrected chi connectivity index (χ3v) is 4.74. The van der Waals surface area contributed by atoms with Gasteiger partial charge in [0.15, 0.2) is 0 Å².